The summed E-state index contributed by atoms with van der Waals surface area (Å²) in [6, 6.07) is -0.247. The van der Waals surface area contributed by atoms with Crippen LogP contribution in [0.5, 0.6) is 0 Å². The summed E-state index contributed by atoms with van der Waals surface area (Å²) in [7, 11) is 0. The van der Waals surface area contributed by atoms with Gasteiger partial charge >= 0.3 is 0 Å². The van der Waals surface area contributed by atoms with E-state index < -0.39 is 0 Å². The molecule has 0 bridgehead atoms. The van der Waals surface area contributed by atoms with Gasteiger partial charge in [0.15, 0.2) is 0 Å². The van der Waals surface area contributed by atoms with Crippen LogP contribution in [0.4, 0.5) is 0 Å². The zero-order valence-electron chi connectivity index (χ0n) is 11.6. The molecule has 2 rings (SSSR count). The van der Waals surface area contributed by atoms with Gasteiger partial charge in [-0.3, -0.25) is 19.8 Å². The lowest BCUT2D eigenvalue weighted by atomic mass is 10.0. The van der Waals surface area contributed by atoms with Crippen molar-refractivity contribution in [2.45, 2.75) is 51.7 Å². The van der Waals surface area contributed by atoms with Crippen LogP contribution in [0.1, 0.15) is 39.5 Å². The normalized spacial score (nSPS) is 32.2. The maximum absolute atomic E-state index is 11.9. The second kappa shape index (κ2) is 6.30. The number of imide groups is 1. The summed E-state index contributed by atoms with van der Waals surface area (Å²) < 4.78 is 5.74. The second-order valence-corrected chi connectivity index (χ2v) is 5.29. The molecule has 2 fully saturated rings. The standard InChI is InChI=1S/C14H22N2O3/c1-3-4-11-7-10(2)19-9-16(8-11)12-5-6-13(17)15-14(12)18/h4,10,12H,3,5-9H2,1-2H3,(H,15,17,18)/b11-4+. The molecule has 19 heavy (non-hydrogen) atoms. The van der Waals surface area contributed by atoms with E-state index in [0.717, 1.165) is 19.4 Å². The SMILES string of the molecule is CC/C=C1\CC(C)OCN(C2CCC(=O)NC2=O)C1. The van der Waals surface area contributed by atoms with Gasteiger partial charge in [0.2, 0.25) is 11.8 Å². The molecule has 2 saturated heterocycles. The summed E-state index contributed by atoms with van der Waals surface area (Å²) in [5, 5.41) is 2.41. The largest absolute Gasteiger partial charge is 0.363 e. The first-order chi connectivity index (χ1) is 9.10. The van der Waals surface area contributed by atoms with Gasteiger partial charge < -0.3 is 4.74 Å². The van der Waals surface area contributed by atoms with Gasteiger partial charge in [0.05, 0.1) is 12.1 Å². The Balaban J connectivity index is 2.08. The molecule has 106 valence electrons. The molecule has 2 aliphatic rings. The van der Waals surface area contributed by atoms with E-state index in [1.54, 1.807) is 0 Å². The van der Waals surface area contributed by atoms with Crippen molar-refractivity contribution in [2.75, 3.05) is 13.3 Å². The smallest absolute Gasteiger partial charge is 0.243 e. The zero-order valence-corrected chi connectivity index (χ0v) is 11.6. The first-order valence-corrected chi connectivity index (χ1v) is 6.97. The highest BCUT2D eigenvalue weighted by Crippen LogP contribution is 2.21. The minimum absolute atomic E-state index is 0.172. The molecular formula is C14H22N2O3. The number of nitrogens with zero attached hydrogens (tertiary/aromatic N) is 1. The zero-order chi connectivity index (χ0) is 13.8. The van der Waals surface area contributed by atoms with Crippen molar-refractivity contribution >= 4 is 11.8 Å². The number of nitrogens with one attached hydrogen (secondary N) is 1. The fourth-order valence-electron chi connectivity index (χ4n) is 2.69. The van der Waals surface area contributed by atoms with E-state index in [2.05, 4.69) is 25.2 Å². The van der Waals surface area contributed by atoms with Crippen molar-refractivity contribution < 1.29 is 14.3 Å². The highest BCUT2D eigenvalue weighted by molar-refractivity contribution is 6.00. The van der Waals surface area contributed by atoms with E-state index in [-0.39, 0.29) is 24.0 Å². The third kappa shape index (κ3) is 3.64. The predicted octanol–water partition coefficient (Wildman–Crippen LogP) is 1.20. The number of ether oxygens (including phenoxy) is 1. The van der Waals surface area contributed by atoms with E-state index in [0.29, 0.717) is 19.6 Å². The van der Waals surface area contributed by atoms with Crippen LogP contribution < -0.4 is 5.32 Å². The molecule has 1 N–H and O–H groups in total. The topological polar surface area (TPSA) is 58.6 Å². The maximum atomic E-state index is 11.9. The van der Waals surface area contributed by atoms with Gasteiger partial charge in [-0.05, 0) is 26.2 Å². The Kier molecular flexibility index (Phi) is 4.71. The van der Waals surface area contributed by atoms with Crippen LogP contribution in [0, 0.1) is 0 Å². The first-order valence-electron chi connectivity index (χ1n) is 6.97. The minimum atomic E-state index is -0.247. The lowest BCUT2D eigenvalue weighted by Crippen LogP contribution is -2.53. The molecule has 0 aromatic heterocycles. The third-order valence-electron chi connectivity index (χ3n) is 3.62. The molecule has 2 heterocycles. The molecule has 0 radical (unpaired) electrons. The van der Waals surface area contributed by atoms with E-state index in [1.165, 1.54) is 5.57 Å². The average Bonchev–Trinajstić information content (AvgIpc) is 2.52. The number of allylic oxidation sites excluding steroid dienone is 1. The van der Waals surface area contributed by atoms with Crippen LogP contribution in [0.3, 0.4) is 0 Å². The summed E-state index contributed by atoms with van der Waals surface area (Å²) in [5.74, 6) is -0.361. The lowest BCUT2D eigenvalue weighted by Gasteiger charge is -2.31. The number of piperidine rings is 1. The Morgan fingerprint density at radius 1 is 1.47 bits per heavy atom. The van der Waals surface area contributed by atoms with Crippen molar-refractivity contribution in [2.24, 2.45) is 0 Å². The second-order valence-electron chi connectivity index (χ2n) is 5.29. The van der Waals surface area contributed by atoms with Crippen molar-refractivity contribution in [3.63, 3.8) is 0 Å². The van der Waals surface area contributed by atoms with Crippen molar-refractivity contribution in [1.29, 1.82) is 0 Å². The Morgan fingerprint density at radius 2 is 2.26 bits per heavy atom. The molecule has 5 nitrogen and oxygen atoms in total. The van der Waals surface area contributed by atoms with Crippen LogP contribution in [0.15, 0.2) is 11.6 Å². The molecule has 0 aromatic rings. The van der Waals surface area contributed by atoms with Gasteiger partial charge in [-0.1, -0.05) is 18.6 Å². The number of carbonyl (C=O) groups is 2. The minimum Gasteiger partial charge on any atom is -0.363 e. The predicted molar refractivity (Wildman–Crippen MR) is 71.3 cm³/mol. The lowest BCUT2D eigenvalue weighted by molar-refractivity contribution is -0.139. The number of rotatable bonds is 2. The van der Waals surface area contributed by atoms with E-state index in [4.69, 9.17) is 4.74 Å². The fourth-order valence-corrected chi connectivity index (χ4v) is 2.69. The van der Waals surface area contributed by atoms with Crippen LogP contribution in [-0.4, -0.2) is 42.1 Å². The summed E-state index contributed by atoms with van der Waals surface area (Å²) in [4.78, 5) is 25.1. The van der Waals surface area contributed by atoms with Gasteiger partial charge in [0, 0.05) is 13.0 Å². The average molecular weight is 266 g/mol. The van der Waals surface area contributed by atoms with Crippen LogP contribution in [-0.2, 0) is 14.3 Å². The van der Waals surface area contributed by atoms with Crippen molar-refractivity contribution in [3.8, 4) is 0 Å². The number of hydrogen-bond donors (Lipinski definition) is 1. The maximum Gasteiger partial charge on any atom is 0.243 e. The Labute approximate surface area is 114 Å². The summed E-state index contributed by atoms with van der Waals surface area (Å²) in [5.41, 5.74) is 1.32. The van der Waals surface area contributed by atoms with Gasteiger partial charge in [-0.25, -0.2) is 0 Å². The van der Waals surface area contributed by atoms with Gasteiger partial charge in [0.1, 0.15) is 6.73 Å². The van der Waals surface area contributed by atoms with Crippen LogP contribution >= 0.6 is 0 Å². The van der Waals surface area contributed by atoms with E-state index >= 15 is 0 Å². The van der Waals surface area contributed by atoms with Crippen LogP contribution in [0.2, 0.25) is 0 Å². The fraction of sp³-hybridized carbons (Fsp3) is 0.714. The summed E-state index contributed by atoms with van der Waals surface area (Å²) in [6.07, 6.45) is 5.29. The molecule has 2 unspecified atom stereocenters. The van der Waals surface area contributed by atoms with Crippen LogP contribution in [0.25, 0.3) is 0 Å². The first kappa shape index (κ1) is 14.2. The monoisotopic (exact) mass is 266 g/mol. The number of carbonyl (C=O) groups excluding carboxylic acids is 2. The molecule has 0 spiro atoms. The highest BCUT2D eigenvalue weighted by Gasteiger charge is 2.33. The molecule has 2 atom stereocenters. The Bertz CT molecular complexity index is 392. The van der Waals surface area contributed by atoms with Gasteiger partial charge in [0.25, 0.3) is 0 Å². The molecule has 0 aliphatic carbocycles. The van der Waals surface area contributed by atoms with Crippen molar-refractivity contribution in [1.82, 2.24) is 10.2 Å². The highest BCUT2D eigenvalue weighted by atomic mass is 16.5. The van der Waals surface area contributed by atoms with E-state index in [9.17, 15) is 9.59 Å². The van der Waals surface area contributed by atoms with Gasteiger partial charge in [-0.15, -0.1) is 0 Å². The Morgan fingerprint density at radius 3 is 2.95 bits per heavy atom. The molecule has 0 saturated carbocycles. The quantitative estimate of drug-likeness (QED) is 0.602. The molecule has 5 heteroatoms. The molecule has 2 amide bonds. The Hall–Kier alpha value is -1.20. The number of hydrogen-bond acceptors (Lipinski definition) is 4. The van der Waals surface area contributed by atoms with E-state index in [1.807, 2.05) is 4.90 Å². The summed E-state index contributed by atoms with van der Waals surface area (Å²) in [6.45, 7) is 5.37. The molecule has 2 aliphatic heterocycles. The molecular weight excluding hydrogens is 244 g/mol. The van der Waals surface area contributed by atoms with Crippen molar-refractivity contribution in [3.05, 3.63) is 11.6 Å². The molecule has 0 aromatic carbocycles. The van der Waals surface area contributed by atoms with Gasteiger partial charge in [-0.2, -0.15) is 0 Å². The third-order valence-corrected chi connectivity index (χ3v) is 3.62. The summed E-state index contributed by atoms with van der Waals surface area (Å²) >= 11 is 0. The number of amides is 2.